The number of ether oxygens (including phenoxy) is 1. The number of rotatable bonds is 5. The first-order chi connectivity index (χ1) is 7.15. The highest BCUT2D eigenvalue weighted by Gasteiger charge is 2.08. The zero-order chi connectivity index (χ0) is 11.3. The lowest BCUT2D eigenvalue weighted by atomic mass is 10.1. The maximum Gasteiger partial charge on any atom is 0.216 e. The molecule has 0 aliphatic heterocycles. The molecule has 0 spiro atoms. The van der Waals surface area contributed by atoms with Gasteiger partial charge in [-0.3, -0.25) is 0 Å². The number of aromatic nitrogens is 2. The van der Waals surface area contributed by atoms with Crippen LogP contribution in [0.25, 0.3) is 0 Å². The summed E-state index contributed by atoms with van der Waals surface area (Å²) in [6.45, 7) is 3.87. The Morgan fingerprint density at radius 1 is 1.47 bits per heavy atom. The van der Waals surface area contributed by atoms with E-state index in [2.05, 4.69) is 16.9 Å². The van der Waals surface area contributed by atoms with Crippen molar-refractivity contribution >= 4 is 0 Å². The molecule has 1 unspecified atom stereocenters. The number of aliphatic hydroxyl groups excluding tert-OH is 1. The van der Waals surface area contributed by atoms with Crippen molar-refractivity contribution < 1.29 is 9.84 Å². The number of aliphatic hydroxyl groups is 1. The summed E-state index contributed by atoms with van der Waals surface area (Å²) in [5.41, 5.74) is 0.834. The second kappa shape index (κ2) is 5.66. The van der Waals surface area contributed by atoms with Crippen molar-refractivity contribution in [1.29, 1.82) is 0 Å². The van der Waals surface area contributed by atoms with Crippen LogP contribution in [0.1, 0.15) is 31.3 Å². The molecule has 15 heavy (non-hydrogen) atoms. The van der Waals surface area contributed by atoms with Gasteiger partial charge in [0.25, 0.3) is 0 Å². The topological polar surface area (TPSA) is 55.2 Å². The summed E-state index contributed by atoms with van der Waals surface area (Å²) in [5, 5.41) is 9.66. The lowest BCUT2D eigenvalue weighted by Crippen LogP contribution is -2.12. The average molecular weight is 210 g/mol. The molecule has 4 heteroatoms. The van der Waals surface area contributed by atoms with Crippen molar-refractivity contribution in [2.24, 2.45) is 0 Å². The predicted molar refractivity (Wildman–Crippen MR) is 57.9 cm³/mol. The molecule has 0 aliphatic rings. The Kier molecular flexibility index (Phi) is 4.49. The smallest absolute Gasteiger partial charge is 0.216 e. The number of methoxy groups -OCH3 is 1. The molecular formula is C11H18N2O2. The van der Waals surface area contributed by atoms with Crippen molar-refractivity contribution in [1.82, 2.24) is 9.97 Å². The Hall–Kier alpha value is -1.16. The van der Waals surface area contributed by atoms with E-state index in [0.717, 1.165) is 18.5 Å². The molecule has 1 aromatic heterocycles. The van der Waals surface area contributed by atoms with Crippen molar-refractivity contribution in [3.63, 3.8) is 0 Å². The standard InChI is InChI=1S/C11H18N2O2/c1-4-5-10(14)6-9-7-11(15-3)13-8(2)12-9/h7,10,14H,4-6H2,1-3H3. The molecule has 0 amide bonds. The summed E-state index contributed by atoms with van der Waals surface area (Å²) in [7, 11) is 1.58. The highest BCUT2D eigenvalue weighted by molar-refractivity contribution is 5.16. The molecule has 0 aromatic carbocycles. The second-order valence-corrected chi connectivity index (χ2v) is 3.60. The minimum Gasteiger partial charge on any atom is -0.481 e. The molecule has 0 radical (unpaired) electrons. The molecule has 1 heterocycles. The van der Waals surface area contributed by atoms with E-state index in [9.17, 15) is 5.11 Å². The highest BCUT2D eigenvalue weighted by atomic mass is 16.5. The Morgan fingerprint density at radius 3 is 2.80 bits per heavy atom. The van der Waals surface area contributed by atoms with Crippen molar-refractivity contribution in [3.05, 3.63) is 17.6 Å². The van der Waals surface area contributed by atoms with Crippen LogP contribution in [0.3, 0.4) is 0 Å². The summed E-state index contributed by atoms with van der Waals surface area (Å²) in [4.78, 5) is 8.34. The van der Waals surface area contributed by atoms with E-state index in [4.69, 9.17) is 4.74 Å². The van der Waals surface area contributed by atoms with Crippen molar-refractivity contribution in [3.8, 4) is 5.88 Å². The third kappa shape index (κ3) is 3.83. The Balaban J connectivity index is 2.71. The summed E-state index contributed by atoms with van der Waals surface area (Å²) in [6.07, 6.45) is 2.01. The second-order valence-electron chi connectivity index (χ2n) is 3.60. The molecule has 0 saturated carbocycles. The fourth-order valence-electron chi connectivity index (χ4n) is 1.49. The normalized spacial score (nSPS) is 12.5. The van der Waals surface area contributed by atoms with Crippen molar-refractivity contribution in [2.45, 2.75) is 39.2 Å². The summed E-state index contributed by atoms with van der Waals surface area (Å²) in [5.74, 6) is 1.23. The van der Waals surface area contributed by atoms with Crippen LogP contribution in [-0.4, -0.2) is 28.3 Å². The fraction of sp³-hybridized carbons (Fsp3) is 0.636. The maximum absolute atomic E-state index is 9.66. The van der Waals surface area contributed by atoms with Gasteiger partial charge in [-0.05, 0) is 13.3 Å². The van der Waals surface area contributed by atoms with Gasteiger partial charge in [0, 0.05) is 12.5 Å². The van der Waals surface area contributed by atoms with E-state index >= 15 is 0 Å². The van der Waals surface area contributed by atoms with Gasteiger partial charge in [0.1, 0.15) is 5.82 Å². The Labute approximate surface area is 90.3 Å². The third-order valence-corrected chi connectivity index (χ3v) is 2.14. The van der Waals surface area contributed by atoms with Crippen LogP contribution >= 0.6 is 0 Å². The Bertz CT molecular complexity index is 315. The first-order valence-corrected chi connectivity index (χ1v) is 5.22. The van der Waals surface area contributed by atoms with Gasteiger partial charge >= 0.3 is 0 Å². The van der Waals surface area contributed by atoms with E-state index in [1.807, 2.05) is 6.92 Å². The van der Waals surface area contributed by atoms with E-state index in [0.29, 0.717) is 18.1 Å². The van der Waals surface area contributed by atoms with Gasteiger partial charge in [-0.25, -0.2) is 4.98 Å². The van der Waals surface area contributed by atoms with Gasteiger partial charge in [0.05, 0.1) is 18.9 Å². The molecule has 0 bridgehead atoms. The summed E-state index contributed by atoms with van der Waals surface area (Å²) >= 11 is 0. The van der Waals surface area contributed by atoms with Crippen molar-refractivity contribution in [2.75, 3.05) is 7.11 Å². The van der Waals surface area contributed by atoms with Crippen LogP contribution in [-0.2, 0) is 6.42 Å². The predicted octanol–water partition coefficient (Wildman–Crippen LogP) is 1.50. The van der Waals surface area contributed by atoms with Gasteiger partial charge in [0.2, 0.25) is 5.88 Å². The highest BCUT2D eigenvalue weighted by Crippen LogP contribution is 2.11. The zero-order valence-corrected chi connectivity index (χ0v) is 9.53. The number of aryl methyl sites for hydroxylation is 1. The van der Waals surface area contributed by atoms with Crippen LogP contribution in [0.2, 0.25) is 0 Å². The number of nitrogens with zero attached hydrogens (tertiary/aromatic N) is 2. The molecule has 0 fully saturated rings. The number of hydrogen-bond acceptors (Lipinski definition) is 4. The fourth-order valence-corrected chi connectivity index (χ4v) is 1.49. The van der Waals surface area contributed by atoms with Gasteiger partial charge in [-0.2, -0.15) is 4.98 Å². The van der Waals surface area contributed by atoms with Gasteiger partial charge < -0.3 is 9.84 Å². The van der Waals surface area contributed by atoms with Crippen LogP contribution in [0.15, 0.2) is 6.07 Å². The van der Waals surface area contributed by atoms with Gasteiger partial charge in [-0.15, -0.1) is 0 Å². The van der Waals surface area contributed by atoms with Crippen LogP contribution in [0.5, 0.6) is 5.88 Å². The lowest BCUT2D eigenvalue weighted by molar-refractivity contribution is 0.162. The lowest BCUT2D eigenvalue weighted by Gasteiger charge is -2.09. The molecule has 1 rings (SSSR count). The first-order valence-electron chi connectivity index (χ1n) is 5.22. The van der Waals surface area contributed by atoms with Crippen LogP contribution in [0, 0.1) is 6.92 Å². The maximum atomic E-state index is 9.66. The molecule has 1 atom stereocenters. The third-order valence-electron chi connectivity index (χ3n) is 2.14. The molecular weight excluding hydrogens is 192 g/mol. The Morgan fingerprint density at radius 2 is 2.20 bits per heavy atom. The van der Waals surface area contributed by atoms with Gasteiger partial charge in [0.15, 0.2) is 0 Å². The zero-order valence-electron chi connectivity index (χ0n) is 9.53. The monoisotopic (exact) mass is 210 g/mol. The van der Waals surface area contributed by atoms with Gasteiger partial charge in [-0.1, -0.05) is 13.3 Å². The first kappa shape index (κ1) is 11.9. The molecule has 1 aromatic rings. The van der Waals surface area contributed by atoms with E-state index in [1.165, 1.54) is 0 Å². The van der Waals surface area contributed by atoms with E-state index in [1.54, 1.807) is 13.2 Å². The molecule has 4 nitrogen and oxygen atoms in total. The van der Waals surface area contributed by atoms with E-state index < -0.39 is 0 Å². The number of hydrogen-bond donors (Lipinski definition) is 1. The molecule has 1 N–H and O–H groups in total. The average Bonchev–Trinajstić information content (AvgIpc) is 2.17. The summed E-state index contributed by atoms with van der Waals surface area (Å²) in [6, 6.07) is 1.77. The molecule has 0 saturated heterocycles. The molecule has 84 valence electrons. The quantitative estimate of drug-likeness (QED) is 0.800. The largest absolute Gasteiger partial charge is 0.481 e. The van der Waals surface area contributed by atoms with Crippen LogP contribution in [0.4, 0.5) is 0 Å². The van der Waals surface area contributed by atoms with E-state index in [-0.39, 0.29) is 6.10 Å². The minimum atomic E-state index is -0.325. The van der Waals surface area contributed by atoms with Crippen LogP contribution < -0.4 is 4.74 Å². The summed E-state index contributed by atoms with van der Waals surface area (Å²) < 4.78 is 5.04. The SMILES string of the molecule is CCCC(O)Cc1cc(OC)nc(C)n1. The molecule has 0 aliphatic carbocycles. The minimum absolute atomic E-state index is 0.325.